The fourth-order valence-electron chi connectivity index (χ4n) is 1.48. The molecular formula is C13H23N3O2. The molecule has 1 rings (SSSR count). The first kappa shape index (κ1) is 14.7. The SMILES string of the molecule is CCOCC(Nc1cc(OCC)ncn1)C(C)C. The highest BCUT2D eigenvalue weighted by Gasteiger charge is 2.14. The van der Waals surface area contributed by atoms with E-state index in [0.717, 1.165) is 12.4 Å². The van der Waals surface area contributed by atoms with E-state index in [-0.39, 0.29) is 6.04 Å². The van der Waals surface area contributed by atoms with Crippen LogP contribution in [0.25, 0.3) is 0 Å². The number of hydrogen-bond acceptors (Lipinski definition) is 5. The van der Waals surface area contributed by atoms with Crippen LogP contribution in [0.4, 0.5) is 5.82 Å². The van der Waals surface area contributed by atoms with E-state index in [9.17, 15) is 0 Å². The van der Waals surface area contributed by atoms with Crippen molar-refractivity contribution in [2.75, 3.05) is 25.1 Å². The fourth-order valence-corrected chi connectivity index (χ4v) is 1.48. The van der Waals surface area contributed by atoms with Crippen molar-refractivity contribution < 1.29 is 9.47 Å². The lowest BCUT2D eigenvalue weighted by atomic mass is 10.1. The van der Waals surface area contributed by atoms with Gasteiger partial charge in [0.05, 0.1) is 19.3 Å². The van der Waals surface area contributed by atoms with E-state index in [1.54, 1.807) is 0 Å². The zero-order valence-electron chi connectivity index (χ0n) is 11.6. The average Bonchev–Trinajstić information content (AvgIpc) is 2.35. The van der Waals surface area contributed by atoms with Crippen LogP contribution >= 0.6 is 0 Å². The molecule has 1 heterocycles. The molecule has 0 radical (unpaired) electrons. The van der Waals surface area contributed by atoms with Gasteiger partial charge in [-0.2, -0.15) is 0 Å². The van der Waals surface area contributed by atoms with Crippen molar-refractivity contribution >= 4 is 5.82 Å². The van der Waals surface area contributed by atoms with E-state index in [2.05, 4.69) is 29.1 Å². The Bertz CT molecular complexity index is 345. The molecule has 1 N–H and O–H groups in total. The molecule has 5 heteroatoms. The van der Waals surface area contributed by atoms with Crippen LogP contribution in [0.2, 0.25) is 0 Å². The number of anilines is 1. The predicted molar refractivity (Wildman–Crippen MR) is 71.9 cm³/mol. The molecule has 0 spiro atoms. The second kappa shape index (κ2) is 7.87. The maximum absolute atomic E-state index is 5.47. The second-order valence-corrected chi connectivity index (χ2v) is 4.33. The minimum atomic E-state index is 0.231. The zero-order valence-corrected chi connectivity index (χ0v) is 11.6. The van der Waals surface area contributed by atoms with Crippen molar-refractivity contribution in [2.24, 2.45) is 5.92 Å². The molecule has 1 aromatic heterocycles. The molecule has 5 nitrogen and oxygen atoms in total. The van der Waals surface area contributed by atoms with Gasteiger partial charge < -0.3 is 14.8 Å². The van der Waals surface area contributed by atoms with Gasteiger partial charge in [0.1, 0.15) is 12.1 Å². The lowest BCUT2D eigenvalue weighted by Crippen LogP contribution is -2.31. The Morgan fingerprint density at radius 2 is 2.00 bits per heavy atom. The summed E-state index contributed by atoms with van der Waals surface area (Å²) in [4.78, 5) is 8.23. The average molecular weight is 253 g/mol. The highest BCUT2D eigenvalue weighted by atomic mass is 16.5. The minimum Gasteiger partial charge on any atom is -0.478 e. The summed E-state index contributed by atoms with van der Waals surface area (Å²) in [5.74, 6) is 1.82. The van der Waals surface area contributed by atoms with Crippen molar-refractivity contribution in [1.29, 1.82) is 0 Å². The minimum absolute atomic E-state index is 0.231. The van der Waals surface area contributed by atoms with Crippen LogP contribution < -0.4 is 10.1 Å². The van der Waals surface area contributed by atoms with Gasteiger partial charge in [-0.1, -0.05) is 13.8 Å². The number of hydrogen-bond donors (Lipinski definition) is 1. The summed E-state index contributed by atoms with van der Waals surface area (Å²) >= 11 is 0. The third-order valence-corrected chi connectivity index (χ3v) is 2.57. The molecule has 0 bridgehead atoms. The maximum Gasteiger partial charge on any atom is 0.218 e. The number of aromatic nitrogens is 2. The van der Waals surface area contributed by atoms with Gasteiger partial charge in [-0.15, -0.1) is 0 Å². The van der Waals surface area contributed by atoms with Gasteiger partial charge in [0, 0.05) is 12.7 Å². The van der Waals surface area contributed by atoms with Gasteiger partial charge in [-0.05, 0) is 19.8 Å². The van der Waals surface area contributed by atoms with Gasteiger partial charge in [-0.25, -0.2) is 9.97 Å². The molecule has 0 aromatic carbocycles. The van der Waals surface area contributed by atoms with E-state index in [0.29, 0.717) is 25.0 Å². The fraction of sp³-hybridized carbons (Fsp3) is 0.692. The van der Waals surface area contributed by atoms with Crippen LogP contribution in [0.1, 0.15) is 27.7 Å². The Morgan fingerprint density at radius 1 is 1.22 bits per heavy atom. The molecule has 1 atom stereocenters. The first-order valence-electron chi connectivity index (χ1n) is 6.46. The molecule has 1 unspecified atom stereocenters. The van der Waals surface area contributed by atoms with Gasteiger partial charge in [0.15, 0.2) is 0 Å². The number of rotatable bonds is 8. The topological polar surface area (TPSA) is 56.3 Å². The Labute approximate surface area is 109 Å². The molecule has 0 saturated heterocycles. The van der Waals surface area contributed by atoms with Crippen molar-refractivity contribution in [1.82, 2.24) is 9.97 Å². The highest BCUT2D eigenvalue weighted by molar-refractivity contribution is 5.38. The van der Waals surface area contributed by atoms with E-state index in [4.69, 9.17) is 9.47 Å². The van der Waals surface area contributed by atoms with Crippen molar-refractivity contribution in [3.8, 4) is 5.88 Å². The van der Waals surface area contributed by atoms with Crippen LogP contribution in [0, 0.1) is 5.92 Å². The first-order chi connectivity index (χ1) is 8.67. The van der Waals surface area contributed by atoms with Crippen LogP contribution in [0.15, 0.2) is 12.4 Å². The highest BCUT2D eigenvalue weighted by Crippen LogP contribution is 2.14. The molecule has 102 valence electrons. The largest absolute Gasteiger partial charge is 0.478 e. The van der Waals surface area contributed by atoms with E-state index >= 15 is 0 Å². The van der Waals surface area contributed by atoms with E-state index in [1.807, 2.05) is 19.9 Å². The lowest BCUT2D eigenvalue weighted by molar-refractivity contribution is 0.126. The van der Waals surface area contributed by atoms with Crippen molar-refractivity contribution in [3.05, 3.63) is 12.4 Å². The Balaban J connectivity index is 2.64. The molecular weight excluding hydrogens is 230 g/mol. The summed E-state index contributed by atoms with van der Waals surface area (Å²) in [6.07, 6.45) is 1.51. The molecule has 18 heavy (non-hydrogen) atoms. The Morgan fingerprint density at radius 3 is 2.61 bits per heavy atom. The van der Waals surface area contributed by atoms with Crippen LogP contribution in [0.3, 0.4) is 0 Å². The maximum atomic E-state index is 5.47. The lowest BCUT2D eigenvalue weighted by Gasteiger charge is -2.22. The van der Waals surface area contributed by atoms with Gasteiger partial charge in [0.2, 0.25) is 5.88 Å². The third kappa shape index (κ3) is 4.87. The standard InChI is InChI=1S/C13H23N3O2/c1-5-17-8-11(10(3)4)16-12-7-13(18-6-2)15-9-14-12/h7,9-11H,5-6,8H2,1-4H3,(H,14,15,16). The second-order valence-electron chi connectivity index (χ2n) is 4.33. The molecule has 0 fully saturated rings. The third-order valence-electron chi connectivity index (χ3n) is 2.57. The van der Waals surface area contributed by atoms with Crippen LogP contribution in [-0.4, -0.2) is 35.8 Å². The Kier molecular flexibility index (Phi) is 6.43. The summed E-state index contributed by atoms with van der Waals surface area (Å²) in [7, 11) is 0. The predicted octanol–water partition coefficient (Wildman–Crippen LogP) is 2.35. The summed E-state index contributed by atoms with van der Waals surface area (Å²) in [6, 6.07) is 2.04. The summed E-state index contributed by atoms with van der Waals surface area (Å²) in [6.45, 7) is 10.2. The van der Waals surface area contributed by atoms with Gasteiger partial charge in [0.25, 0.3) is 0 Å². The molecule has 0 aliphatic rings. The van der Waals surface area contributed by atoms with Gasteiger partial charge in [-0.3, -0.25) is 0 Å². The summed E-state index contributed by atoms with van der Waals surface area (Å²) in [5.41, 5.74) is 0. The molecule has 0 aliphatic carbocycles. The number of nitrogens with zero attached hydrogens (tertiary/aromatic N) is 2. The summed E-state index contributed by atoms with van der Waals surface area (Å²) in [5, 5.41) is 3.36. The molecule has 0 saturated carbocycles. The van der Waals surface area contributed by atoms with E-state index < -0.39 is 0 Å². The zero-order chi connectivity index (χ0) is 13.4. The van der Waals surface area contributed by atoms with Crippen molar-refractivity contribution in [2.45, 2.75) is 33.7 Å². The monoisotopic (exact) mass is 253 g/mol. The van der Waals surface area contributed by atoms with Crippen LogP contribution in [-0.2, 0) is 4.74 Å². The summed E-state index contributed by atoms with van der Waals surface area (Å²) < 4.78 is 10.8. The quantitative estimate of drug-likeness (QED) is 0.770. The van der Waals surface area contributed by atoms with E-state index in [1.165, 1.54) is 6.33 Å². The van der Waals surface area contributed by atoms with Crippen molar-refractivity contribution in [3.63, 3.8) is 0 Å². The Hall–Kier alpha value is -1.36. The number of nitrogens with one attached hydrogen (secondary N) is 1. The van der Waals surface area contributed by atoms with Gasteiger partial charge >= 0.3 is 0 Å². The first-order valence-corrected chi connectivity index (χ1v) is 6.46. The molecule has 0 amide bonds. The smallest absolute Gasteiger partial charge is 0.218 e. The normalized spacial score (nSPS) is 12.5. The number of ether oxygens (including phenoxy) is 2. The van der Waals surface area contributed by atoms with Crippen LogP contribution in [0.5, 0.6) is 5.88 Å². The molecule has 1 aromatic rings. The molecule has 0 aliphatic heterocycles.